The highest BCUT2D eigenvalue weighted by molar-refractivity contribution is 7.13. The zero-order valence-corrected chi connectivity index (χ0v) is 15.4. The van der Waals surface area contributed by atoms with E-state index in [1.165, 1.54) is 4.88 Å². The number of fused-ring (bicyclic) bond motifs is 1. The normalized spacial score (nSPS) is 16.9. The predicted molar refractivity (Wildman–Crippen MR) is 108 cm³/mol. The highest BCUT2D eigenvalue weighted by Gasteiger charge is 2.26. The van der Waals surface area contributed by atoms with E-state index in [1.807, 2.05) is 36.4 Å². The van der Waals surface area contributed by atoms with E-state index in [0.29, 0.717) is 5.69 Å². The molecule has 0 spiro atoms. The quantitative estimate of drug-likeness (QED) is 0.508. The van der Waals surface area contributed by atoms with Crippen LogP contribution in [0.3, 0.4) is 0 Å². The number of hydrogen-bond donors (Lipinski definition) is 3. The Morgan fingerprint density at radius 3 is 3.00 bits per heavy atom. The van der Waals surface area contributed by atoms with Crippen LogP contribution in [0, 0.1) is 0 Å². The molecule has 0 saturated carbocycles. The average molecular weight is 377 g/mol. The van der Waals surface area contributed by atoms with Crippen LogP contribution in [0.5, 0.6) is 0 Å². The Labute approximate surface area is 160 Å². The first-order chi connectivity index (χ1) is 13.3. The average Bonchev–Trinajstić information content (AvgIpc) is 3.46. The largest absolute Gasteiger partial charge is 0.353 e. The van der Waals surface area contributed by atoms with E-state index in [-0.39, 0.29) is 11.9 Å². The first-order valence-corrected chi connectivity index (χ1v) is 9.87. The van der Waals surface area contributed by atoms with Gasteiger partial charge in [0.1, 0.15) is 5.69 Å². The molecule has 7 heteroatoms. The molecule has 0 unspecified atom stereocenters. The second-order valence-corrected chi connectivity index (χ2v) is 7.74. The highest BCUT2D eigenvalue weighted by Crippen LogP contribution is 2.27. The van der Waals surface area contributed by atoms with E-state index in [1.54, 1.807) is 11.3 Å². The molecule has 136 valence electrons. The molecule has 4 heterocycles. The molecule has 1 aliphatic rings. The van der Waals surface area contributed by atoms with Crippen molar-refractivity contribution in [1.82, 2.24) is 20.5 Å². The van der Waals surface area contributed by atoms with Crippen LogP contribution in [0.15, 0.2) is 53.9 Å². The van der Waals surface area contributed by atoms with Gasteiger partial charge >= 0.3 is 0 Å². The van der Waals surface area contributed by atoms with Gasteiger partial charge in [0.15, 0.2) is 5.82 Å². The van der Waals surface area contributed by atoms with Crippen molar-refractivity contribution in [1.29, 1.82) is 0 Å². The summed E-state index contributed by atoms with van der Waals surface area (Å²) in [7, 11) is 0. The maximum Gasteiger partial charge on any atom is 0.268 e. The van der Waals surface area contributed by atoms with Gasteiger partial charge in [-0.1, -0.05) is 24.3 Å². The molecular weight excluding hydrogens is 358 g/mol. The third kappa shape index (κ3) is 3.10. The lowest BCUT2D eigenvalue weighted by Gasteiger charge is -2.15. The summed E-state index contributed by atoms with van der Waals surface area (Å²) in [4.78, 5) is 19.2. The number of nitrogens with one attached hydrogen (secondary N) is 3. The molecule has 3 N–H and O–H groups in total. The molecular formula is C20H19N5OS. The zero-order chi connectivity index (χ0) is 18.2. The van der Waals surface area contributed by atoms with Crippen molar-refractivity contribution in [3.05, 3.63) is 59.6 Å². The molecule has 4 aromatic rings. The molecule has 1 amide bonds. The molecule has 27 heavy (non-hydrogen) atoms. The van der Waals surface area contributed by atoms with Crippen molar-refractivity contribution >= 4 is 34.0 Å². The molecule has 3 aromatic heterocycles. The number of anilines is 1. The number of aromatic amines is 2. The summed E-state index contributed by atoms with van der Waals surface area (Å²) >= 11 is 1.69. The first kappa shape index (κ1) is 16.1. The smallest absolute Gasteiger partial charge is 0.268 e. The van der Waals surface area contributed by atoms with Gasteiger partial charge in [0.2, 0.25) is 0 Å². The van der Waals surface area contributed by atoms with Crippen molar-refractivity contribution in [2.45, 2.75) is 12.5 Å². The van der Waals surface area contributed by atoms with E-state index < -0.39 is 0 Å². The molecule has 6 nitrogen and oxygen atoms in total. The fourth-order valence-electron chi connectivity index (χ4n) is 3.58. The Bertz CT molecular complexity index is 1050. The van der Waals surface area contributed by atoms with Crippen LogP contribution in [0.25, 0.3) is 21.5 Å². The maximum atomic E-state index is 12.6. The summed E-state index contributed by atoms with van der Waals surface area (Å²) < 4.78 is 0. The molecule has 1 aliphatic heterocycles. The Morgan fingerprint density at radius 2 is 2.15 bits per heavy atom. The number of amides is 1. The van der Waals surface area contributed by atoms with Crippen molar-refractivity contribution in [2.24, 2.45) is 0 Å². The van der Waals surface area contributed by atoms with Gasteiger partial charge < -0.3 is 15.2 Å². The Balaban J connectivity index is 1.25. The first-order valence-electron chi connectivity index (χ1n) is 8.99. The number of para-hydroxylation sites is 1. The number of aromatic nitrogens is 3. The molecule has 0 radical (unpaired) electrons. The SMILES string of the molecule is O=C(N[C@@H]1CCN(c2cc(-c3cccs3)[nH]n2)C1)c1cc2ccccc2[nH]1. The number of carbonyl (C=O) groups excluding carboxylic acids is 1. The van der Waals surface area contributed by atoms with Gasteiger partial charge in [-0.25, -0.2) is 0 Å². The Kier molecular flexibility index (Phi) is 3.94. The molecule has 1 atom stereocenters. The van der Waals surface area contributed by atoms with Gasteiger partial charge in [0.25, 0.3) is 5.91 Å². The van der Waals surface area contributed by atoms with Crippen LogP contribution in [-0.4, -0.2) is 40.2 Å². The lowest BCUT2D eigenvalue weighted by Crippen LogP contribution is -2.37. The second kappa shape index (κ2) is 6.59. The van der Waals surface area contributed by atoms with Crippen LogP contribution >= 0.6 is 11.3 Å². The topological polar surface area (TPSA) is 76.8 Å². The van der Waals surface area contributed by atoms with Gasteiger partial charge in [-0.15, -0.1) is 11.3 Å². The summed E-state index contributed by atoms with van der Waals surface area (Å²) in [6, 6.07) is 16.1. The maximum absolute atomic E-state index is 12.6. The minimum Gasteiger partial charge on any atom is -0.353 e. The number of nitrogens with zero attached hydrogens (tertiary/aromatic N) is 2. The lowest BCUT2D eigenvalue weighted by atomic mass is 10.2. The van der Waals surface area contributed by atoms with Gasteiger partial charge in [-0.05, 0) is 30.0 Å². The van der Waals surface area contributed by atoms with Crippen LogP contribution in [0.2, 0.25) is 0 Å². The fraction of sp³-hybridized carbons (Fsp3) is 0.200. The van der Waals surface area contributed by atoms with Crippen LogP contribution < -0.4 is 10.2 Å². The predicted octanol–water partition coefficient (Wildman–Crippen LogP) is 3.63. The van der Waals surface area contributed by atoms with Gasteiger partial charge in [0.05, 0.1) is 10.6 Å². The Hall–Kier alpha value is -3.06. The van der Waals surface area contributed by atoms with Crippen molar-refractivity contribution in [3.63, 3.8) is 0 Å². The lowest BCUT2D eigenvalue weighted by molar-refractivity contribution is 0.0936. The molecule has 1 saturated heterocycles. The van der Waals surface area contributed by atoms with E-state index >= 15 is 0 Å². The minimum absolute atomic E-state index is 0.0562. The third-order valence-electron chi connectivity index (χ3n) is 4.97. The van der Waals surface area contributed by atoms with Crippen LogP contribution in [0.1, 0.15) is 16.9 Å². The number of H-pyrrole nitrogens is 2. The van der Waals surface area contributed by atoms with Gasteiger partial charge in [-0.3, -0.25) is 9.89 Å². The summed E-state index contributed by atoms with van der Waals surface area (Å²) in [5.74, 6) is 0.875. The van der Waals surface area contributed by atoms with Crippen molar-refractivity contribution in [3.8, 4) is 10.6 Å². The summed E-state index contributed by atoms with van der Waals surface area (Å²) in [6.07, 6.45) is 0.910. The van der Waals surface area contributed by atoms with E-state index in [4.69, 9.17) is 0 Å². The number of carbonyl (C=O) groups is 1. The van der Waals surface area contributed by atoms with Crippen molar-refractivity contribution in [2.75, 3.05) is 18.0 Å². The Morgan fingerprint density at radius 1 is 1.22 bits per heavy atom. The molecule has 5 rings (SSSR count). The third-order valence-corrected chi connectivity index (χ3v) is 5.88. The summed E-state index contributed by atoms with van der Waals surface area (Å²) in [6.45, 7) is 1.65. The van der Waals surface area contributed by atoms with Crippen LogP contribution in [-0.2, 0) is 0 Å². The van der Waals surface area contributed by atoms with E-state index in [0.717, 1.165) is 41.9 Å². The zero-order valence-electron chi connectivity index (χ0n) is 14.6. The van der Waals surface area contributed by atoms with Gasteiger partial charge in [0, 0.05) is 36.1 Å². The van der Waals surface area contributed by atoms with Crippen molar-refractivity contribution < 1.29 is 4.79 Å². The highest BCUT2D eigenvalue weighted by atomic mass is 32.1. The van der Waals surface area contributed by atoms with E-state index in [2.05, 4.69) is 42.9 Å². The molecule has 0 bridgehead atoms. The minimum atomic E-state index is -0.0562. The summed E-state index contributed by atoms with van der Waals surface area (Å²) in [5.41, 5.74) is 2.62. The number of rotatable bonds is 4. The fourth-order valence-corrected chi connectivity index (χ4v) is 4.27. The molecule has 1 fully saturated rings. The number of benzene rings is 1. The summed E-state index contributed by atoms with van der Waals surface area (Å²) in [5, 5.41) is 13.8. The monoisotopic (exact) mass is 377 g/mol. The number of hydrogen-bond acceptors (Lipinski definition) is 4. The second-order valence-electron chi connectivity index (χ2n) is 6.79. The molecule has 1 aromatic carbocycles. The number of thiophene rings is 1. The standard InChI is InChI=1S/C20H19N5OS/c26-20(17-10-13-4-1-2-5-15(13)22-17)21-14-7-8-25(12-14)19-11-16(23-24-19)18-6-3-9-27-18/h1-6,9-11,14,22H,7-8,12H2,(H,21,26)(H,23,24)/t14-/m1/s1. The molecule has 0 aliphatic carbocycles. The van der Waals surface area contributed by atoms with Crippen LogP contribution in [0.4, 0.5) is 5.82 Å². The van der Waals surface area contributed by atoms with Gasteiger partial charge in [-0.2, -0.15) is 5.10 Å². The van der Waals surface area contributed by atoms with E-state index in [9.17, 15) is 4.79 Å².